The topological polar surface area (TPSA) is 4.93 Å². The molecule has 0 unspecified atom stereocenters. The van der Waals surface area contributed by atoms with Crippen LogP contribution < -0.4 is 0 Å². The van der Waals surface area contributed by atoms with Gasteiger partial charge in [0.1, 0.15) is 0 Å². The summed E-state index contributed by atoms with van der Waals surface area (Å²) < 4.78 is 2.56. The first-order valence-corrected chi connectivity index (χ1v) is 25.4. The Morgan fingerprint density at radius 1 is 0.463 bits per heavy atom. The van der Waals surface area contributed by atoms with Gasteiger partial charge in [0.2, 0.25) is 0 Å². The first-order valence-electron chi connectivity index (χ1n) is 25.4. The summed E-state index contributed by atoms with van der Waals surface area (Å²) in [6.07, 6.45) is 19.1. The zero-order chi connectivity index (χ0) is 44.9. The highest BCUT2D eigenvalue weighted by Gasteiger charge is 2.42. The van der Waals surface area contributed by atoms with Gasteiger partial charge in [-0.1, -0.05) is 171 Å². The lowest BCUT2D eigenvalue weighted by molar-refractivity contribution is 0.401. The van der Waals surface area contributed by atoms with E-state index in [0.29, 0.717) is 0 Å². The molecule has 3 aliphatic carbocycles. The van der Waals surface area contributed by atoms with Crippen LogP contribution in [0.4, 0.5) is 0 Å². The molecule has 0 fully saturated rings. The Bertz CT molecular complexity index is 3260. The van der Waals surface area contributed by atoms with Crippen molar-refractivity contribution >= 4 is 27.9 Å². The molecule has 1 aromatic heterocycles. The number of nitrogens with zero attached hydrogens (tertiary/aromatic N) is 1. The van der Waals surface area contributed by atoms with E-state index in [-0.39, 0.29) is 5.41 Å². The van der Waals surface area contributed by atoms with E-state index in [2.05, 4.69) is 182 Å². The van der Waals surface area contributed by atoms with Gasteiger partial charge < -0.3 is 4.57 Å². The zero-order valence-corrected chi connectivity index (χ0v) is 39.2. The molecule has 9 aromatic rings. The molecule has 67 heavy (non-hydrogen) atoms. The van der Waals surface area contributed by atoms with Gasteiger partial charge in [-0.15, -0.1) is 0 Å². The van der Waals surface area contributed by atoms with Crippen molar-refractivity contribution in [2.24, 2.45) is 0 Å². The molecule has 0 aliphatic heterocycles. The molecule has 0 amide bonds. The van der Waals surface area contributed by atoms with E-state index in [1.54, 1.807) is 27.8 Å². The summed E-state index contributed by atoms with van der Waals surface area (Å²) in [5.74, 6) is 0. The van der Waals surface area contributed by atoms with Crippen LogP contribution in [0.3, 0.4) is 0 Å². The molecule has 0 bridgehead atoms. The van der Waals surface area contributed by atoms with Crippen molar-refractivity contribution in [1.29, 1.82) is 0 Å². The monoisotopic (exact) mass is 867 g/mol. The van der Waals surface area contributed by atoms with Crippen molar-refractivity contribution in [2.75, 3.05) is 0 Å². The molecule has 0 spiro atoms. The molecule has 1 heterocycles. The first-order chi connectivity index (χ1) is 33.0. The molecule has 0 saturated carbocycles. The predicted molar refractivity (Wildman–Crippen MR) is 285 cm³/mol. The van der Waals surface area contributed by atoms with E-state index in [0.717, 1.165) is 5.56 Å². The van der Waals surface area contributed by atoms with Gasteiger partial charge >= 0.3 is 0 Å². The average molecular weight is 868 g/mol. The van der Waals surface area contributed by atoms with E-state index < -0.39 is 0 Å². The third kappa shape index (κ3) is 7.67. The number of rotatable bonds is 16. The van der Waals surface area contributed by atoms with E-state index in [4.69, 9.17) is 0 Å². The number of hydrogen-bond donors (Lipinski definition) is 0. The third-order valence-corrected chi connectivity index (χ3v) is 16.1. The number of benzene rings is 8. The fourth-order valence-corrected chi connectivity index (χ4v) is 12.2. The Kier molecular flexibility index (Phi) is 10.9. The van der Waals surface area contributed by atoms with Gasteiger partial charge in [-0.05, 0) is 191 Å². The van der Waals surface area contributed by atoms with Gasteiger partial charge in [0.15, 0.2) is 0 Å². The SMILES string of the molecule is C=Cc1ccc(-c2ccc3c(c2)c2cc(-c4ccccc4)ccc2n3-c2ccc3c(c2)C(CCCCCc2ccc4c(c2)CC4)(CCCCCc2ccc4c(c2)CC4)c2cc(C)ccc2-3)cc1. The lowest BCUT2D eigenvalue weighted by Gasteiger charge is -2.33. The fourth-order valence-electron chi connectivity index (χ4n) is 12.2. The van der Waals surface area contributed by atoms with Crippen molar-refractivity contribution in [3.05, 3.63) is 226 Å². The molecule has 8 aromatic carbocycles. The Morgan fingerprint density at radius 3 is 1.55 bits per heavy atom. The molecule has 0 N–H and O–H groups in total. The van der Waals surface area contributed by atoms with Crippen LogP contribution in [-0.4, -0.2) is 4.57 Å². The minimum absolute atomic E-state index is 0.0397. The van der Waals surface area contributed by atoms with Crippen molar-refractivity contribution in [3.63, 3.8) is 0 Å². The molecule has 0 radical (unpaired) electrons. The lowest BCUT2D eigenvalue weighted by Crippen LogP contribution is -2.26. The Balaban J connectivity index is 0.931. The van der Waals surface area contributed by atoms with Crippen LogP contribution in [-0.2, 0) is 43.9 Å². The summed E-state index contributed by atoms with van der Waals surface area (Å²) in [5, 5.41) is 2.57. The Labute approximate surface area is 397 Å². The highest BCUT2D eigenvalue weighted by atomic mass is 15.0. The number of fused-ring (bicyclic) bond motifs is 8. The van der Waals surface area contributed by atoms with Crippen LogP contribution in [0.2, 0.25) is 0 Å². The molecular formula is C66H61N. The van der Waals surface area contributed by atoms with Crippen molar-refractivity contribution < 1.29 is 0 Å². The normalized spacial score (nSPS) is 14.0. The van der Waals surface area contributed by atoms with Crippen LogP contribution in [0.1, 0.15) is 107 Å². The van der Waals surface area contributed by atoms with E-state index in [9.17, 15) is 0 Å². The minimum Gasteiger partial charge on any atom is -0.309 e. The van der Waals surface area contributed by atoms with Gasteiger partial charge in [-0.25, -0.2) is 0 Å². The van der Waals surface area contributed by atoms with Crippen molar-refractivity contribution in [2.45, 2.75) is 102 Å². The molecule has 12 rings (SSSR count). The fraction of sp³-hybridized carbons (Fsp3) is 0.242. The van der Waals surface area contributed by atoms with Crippen molar-refractivity contribution in [3.8, 4) is 39.1 Å². The van der Waals surface area contributed by atoms with E-state index in [1.807, 2.05) is 6.08 Å². The third-order valence-electron chi connectivity index (χ3n) is 16.1. The molecule has 330 valence electrons. The summed E-state index contributed by atoms with van der Waals surface area (Å²) in [4.78, 5) is 0. The summed E-state index contributed by atoms with van der Waals surface area (Å²) in [5.41, 5.74) is 26.5. The smallest absolute Gasteiger partial charge is 0.0541 e. The predicted octanol–water partition coefficient (Wildman–Crippen LogP) is 17.1. The molecular weight excluding hydrogens is 807 g/mol. The maximum atomic E-state index is 3.99. The van der Waals surface area contributed by atoms with Gasteiger partial charge in [0, 0.05) is 21.9 Å². The molecule has 0 saturated heterocycles. The van der Waals surface area contributed by atoms with Gasteiger partial charge in [0.25, 0.3) is 0 Å². The summed E-state index contributed by atoms with van der Waals surface area (Å²) >= 11 is 0. The summed E-state index contributed by atoms with van der Waals surface area (Å²) in [7, 11) is 0. The second-order valence-corrected chi connectivity index (χ2v) is 20.2. The summed E-state index contributed by atoms with van der Waals surface area (Å²) in [6, 6.07) is 63.3. The summed E-state index contributed by atoms with van der Waals surface area (Å²) in [6.45, 7) is 6.29. The minimum atomic E-state index is -0.0397. The van der Waals surface area contributed by atoms with Crippen LogP contribution in [0.5, 0.6) is 0 Å². The van der Waals surface area contributed by atoms with Crippen LogP contribution >= 0.6 is 0 Å². The number of unbranched alkanes of at least 4 members (excludes halogenated alkanes) is 4. The largest absolute Gasteiger partial charge is 0.309 e. The second-order valence-electron chi connectivity index (χ2n) is 20.2. The molecule has 0 atom stereocenters. The number of aryl methyl sites for hydroxylation is 7. The molecule has 3 aliphatic rings. The zero-order valence-electron chi connectivity index (χ0n) is 39.2. The average Bonchev–Trinajstić information content (AvgIpc) is 3.81. The lowest BCUT2D eigenvalue weighted by atomic mass is 9.70. The Morgan fingerprint density at radius 2 is 1.00 bits per heavy atom. The Hall–Kier alpha value is -6.70. The standard InChI is InChI=1S/C66H61N/c1-3-46-18-22-50(23-19-46)56-31-36-65-61(43-56)60-42-55(49-15-9-4-10-16-49)30-35-64(60)67(65)57-32-34-59-58-33-17-45(2)39-62(58)66(63(59)44-57,37-11-5-7-13-47-20-24-51-26-28-53(51)40-47)38-12-6-8-14-48-21-25-52-27-29-54(52)41-48/h3-4,9-10,15-25,30-36,39-44H,1,5-8,11-14,26-29,37-38H2,2H3. The van der Waals surface area contributed by atoms with Crippen LogP contribution in [0.15, 0.2) is 170 Å². The number of aromatic nitrogens is 1. The highest BCUT2D eigenvalue weighted by Crippen LogP contribution is 2.55. The van der Waals surface area contributed by atoms with Crippen molar-refractivity contribution in [1.82, 2.24) is 4.57 Å². The maximum absolute atomic E-state index is 3.99. The highest BCUT2D eigenvalue weighted by molar-refractivity contribution is 6.11. The number of hydrogen-bond acceptors (Lipinski definition) is 0. The second kappa shape index (κ2) is 17.5. The van der Waals surface area contributed by atoms with E-state index >= 15 is 0 Å². The first kappa shape index (κ1) is 41.7. The molecule has 1 nitrogen and oxygen atoms in total. The quantitative estimate of drug-likeness (QED) is 0.0853. The van der Waals surface area contributed by atoms with Gasteiger partial charge in [-0.3, -0.25) is 0 Å². The van der Waals surface area contributed by atoms with Gasteiger partial charge in [0.05, 0.1) is 11.0 Å². The maximum Gasteiger partial charge on any atom is 0.0541 e. The van der Waals surface area contributed by atoms with Crippen LogP contribution in [0.25, 0.3) is 66.9 Å². The van der Waals surface area contributed by atoms with Crippen LogP contribution in [0, 0.1) is 6.92 Å². The van der Waals surface area contributed by atoms with E-state index in [1.165, 1.54) is 173 Å². The molecule has 1 heteroatoms. The van der Waals surface area contributed by atoms with Gasteiger partial charge in [-0.2, -0.15) is 0 Å².